The topological polar surface area (TPSA) is 36.9 Å². The first-order valence-corrected chi connectivity index (χ1v) is 10.7. The Morgan fingerprint density at radius 1 is 0.520 bits per heavy atom. The second-order valence-corrected chi connectivity index (χ2v) is 6.53. The van der Waals surface area contributed by atoms with E-state index in [0.29, 0.717) is 19.8 Å². The van der Waals surface area contributed by atoms with Gasteiger partial charge in [0, 0.05) is 39.5 Å². The van der Waals surface area contributed by atoms with Gasteiger partial charge in [-0.2, -0.15) is 0 Å². The SMILES string of the molecule is CCCCCOCCCCCCCCCC(OCC)(OCC)OCC. The van der Waals surface area contributed by atoms with Gasteiger partial charge in [0.1, 0.15) is 0 Å². The molecule has 0 rings (SSSR count). The van der Waals surface area contributed by atoms with Gasteiger partial charge in [-0.3, -0.25) is 0 Å². The van der Waals surface area contributed by atoms with E-state index in [0.717, 1.165) is 26.1 Å². The lowest BCUT2D eigenvalue weighted by atomic mass is 10.1. The summed E-state index contributed by atoms with van der Waals surface area (Å²) in [6.45, 7) is 11.9. The molecule has 0 heterocycles. The van der Waals surface area contributed by atoms with E-state index in [1.54, 1.807) is 0 Å². The van der Waals surface area contributed by atoms with E-state index in [4.69, 9.17) is 18.9 Å². The predicted octanol–water partition coefficient (Wildman–Crippen LogP) is 6.08. The van der Waals surface area contributed by atoms with Crippen LogP contribution >= 0.6 is 0 Å². The molecule has 0 bridgehead atoms. The molecule has 0 saturated carbocycles. The largest absolute Gasteiger partial charge is 0.381 e. The minimum atomic E-state index is -0.826. The van der Waals surface area contributed by atoms with E-state index in [2.05, 4.69) is 6.92 Å². The molecule has 0 fully saturated rings. The summed E-state index contributed by atoms with van der Waals surface area (Å²) in [6, 6.07) is 0. The number of unbranched alkanes of at least 4 members (excludes halogenated alkanes) is 8. The van der Waals surface area contributed by atoms with Gasteiger partial charge in [0.15, 0.2) is 0 Å². The van der Waals surface area contributed by atoms with Crippen molar-refractivity contribution in [1.82, 2.24) is 0 Å². The lowest BCUT2D eigenvalue weighted by Crippen LogP contribution is -2.39. The normalized spacial score (nSPS) is 12.0. The van der Waals surface area contributed by atoms with Gasteiger partial charge < -0.3 is 18.9 Å². The molecule has 0 aromatic heterocycles. The van der Waals surface area contributed by atoms with Crippen molar-refractivity contribution in [1.29, 1.82) is 0 Å². The van der Waals surface area contributed by atoms with Crippen LogP contribution in [0.4, 0.5) is 0 Å². The monoisotopic (exact) mass is 360 g/mol. The molecule has 152 valence electrons. The van der Waals surface area contributed by atoms with E-state index < -0.39 is 5.97 Å². The number of rotatable bonds is 20. The number of hydrogen-bond donors (Lipinski definition) is 0. The average Bonchev–Trinajstić information content (AvgIpc) is 2.60. The van der Waals surface area contributed by atoms with Crippen LogP contribution in [0.2, 0.25) is 0 Å². The van der Waals surface area contributed by atoms with Crippen LogP contribution in [0.1, 0.15) is 98.3 Å². The average molecular weight is 361 g/mol. The molecular weight excluding hydrogens is 316 g/mol. The van der Waals surface area contributed by atoms with Gasteiger partial charge >= 0.3 is 0 Å². The molecule has 0 aliphatic heterocycles. The third-order valence-corrected chi connectivity index (χ3v) is 4.26. The highest BCUT2D eigenvalue weighted by Gasteiger charge is 2.31. The van der Waals surface area contributed by atoms with E-state index in [1.165, 1.54) is 57.8 Å². The molecule has 0 aromatic rings. The Hall–Kier alpha value is -0.160. The van der Waals surface area contributed by atoms with E-state index >= 15 is 0 Å². The van der Waals surface area contributed by atoms with Crippen molar-refractivity contribution in [3.8, 4) is 0 Å². The number of ether oxygens (including phenoxy) is 4. The maximum absolute atomic E-state index is 5.76. The van der Waals surface area contributed by atoms with Crippen molar-refractivity contribution in [2.75, 3.05) is 33.0 Å². The Bertz CT molecular complexity index is 241. The Morgan fingerprint density at radius 2 is 0.960 bits per heavy atom. The second-order valence-electron chi connectivity index (χ2n) is 6.53. The lowest BCUT2D eigenvalue weighted by molar-refractivity contribution is -0.380. The van der Waals surface area contributed by atoms with Crippen LogP contribution in [-0.4, -0.2) is 39.0 Å². The highest BCUT2D eigenvalue weighted by molar-refractivity contribution is 4.59. The number of hydrogen-bond acceptors (Lipinski definition) is 4. The lowest BCUT2D eigenvalue weighted by Gasteiger charge is -2.32. The van der Waals surface area contributed by atoms with Crippen molar-refractivity contribution in [3.05, 3.63) is 0 Å². The highest BCUT2D eigenvalue weighted by Crippen LogP contribution is 2.24. The molecule has 4 heteroatoms. The van der Waals surface area contributed by atoms with Gasteiger partial charge in [-0.25, -0.2) is 0 Å². The molecule has 0 N–H and O–H groups in total. The van der Waals surface area contributed by atoms with Crippen LogP contribution in [-0.2, 0) is 18.9 Å². The molecule has 0 unspecified atom stereocenters. The van der Waals surface area contributed by atoms with Gasteiger partial charge in [-0.15, -0.1) is 0 Å². The van der Waals surface area contributed by atoms with Gasteiger partial charge in [-0.1, -0.05) is 51.9 Å². The van der Waals surface area contributed by atoms with Crippen molar-refractivity contribution >= 4 is 0 Å². The molecule has 0 saturated heterocycles. The van der Waals surface area contributed by atoms with Crippen LogP contribution in [0.25, 0.3) is 0 Å². The summed E-state index contributed by atoms with van der Waals surface area (Å²) in [4.78, 5) is 0. The zero-order valence-corrected chi connectivity index (χ0v) is 17.4. The van der Waals surface area contributed by atoms with Crippen molar-refractivity contribution in [3.63, 3.8) is 0 Å². The fourth-order valence-corrected chi connectivity index (χ4v) is 2.99. The zero-order valence-electron chi connectivity index (χ0n) is 17.4. The van der Waals surface area contributed by atoms with E-state index in [-0.39, 0.29) is 0 Å². The van der Waals surface area contributed by atoms with Crippen LogP contribution in [0, 0.1) is 0 Å². The Labute approximate surface area is 156 Å². The smallest absolute Gasteiger partial charge is 0.282 e. The standard InChI is InChI=1S/C21H44O4/c1-5-9-16-19-22-20-17-14-12-10-11-13-15-18-21(23-6-2,24-7-3)25-8-4/h5-20H2,1-4H3. The molecular formula is C21H44O4. The van der Waals surface area contributed by atoms with Gasteiger partial charge in [0.25, 0.3) is 5.97 Å². The van der Waals surface area contributed by atoms with Gasteiger partial charge in [0.2, 0.25) is 0 Å². The Balaban J connectivity index is 3.56. The maximum atomic E-state index is 5.76. The molecule has 0 amide bonds. The fourth-order valence-electron chi connectivity index (χ4n) is 2.99. The first-order chi connectivity index (χ1) is 12.2. The molecule has 0 radical (unpaired) electrons. The molecule has 0 aliphatic carbocycles. The first kappa shape index (κ1) is 24.8. The Morgan fingerprint density at radius 3 is 1.44 bits per heavy atom. The minimum Gasteiger partial charge on any atom is -0.381 e. The zero-order chi connectivity index (χ0) is 18.6. The van der Waals surface area contributed by atoms with Gasteiger partial charge in [-0.05, 0) is 40.0 Å². The Kier molecular flexibility index (Phi) is 18.5. The van der Waals surface area contributed by atoms with Crippen molar-refractivity contribution in [2.45, 2.75) is 104 Å². The van der Waals surface area contributed by atoms with Crippen LogP contribution in [0.15, 0.2) is 0 Å². The van der Waals surface area contributed by atoms with Crippen LogP contribution in [0.3, 0.4) is 0 Å². The molecule has 0 spiro atoms. The summed E-state index contributed by atoms with van der Waals surface area (Å²) in [6.07, 6.45) is 13.3. The molecule has 0 aliphatic rings. The molecule has 25 heavy (non-hydrogen) atoms. The molecule has 0 atom stereocenters. The van der Waals surface area contributed by atoms with Gasteiger partial charge in [0.05, 0.1) is 0 Å². The van der Waals surface area contributed by atoms with E-state index in [1.807, 2.05) is 20.8 Å². The summed E-state index contributed by atoms with van der Waals surface area (Å²) in [5, 5.41) is 0. The van der Waals surface area contributed by atoms with E-state index in [9.17, 15) is 0 Å². The predicted molar refractivity (Wildman–Crippen MR) is 105 cm³/mol. The van der Waals surface area contributed by atoms with Crippen LogP contribution < -0.4 is 0 Å². The summed E-state index contributed by atoms with van der Waals surface area (Å²) in [7, 11) is 0. The summed E-state index contributed by atoms with van der Waals surface area (Å²) in [5.41, 5.74) is 0. The quantitative estimate of drug-likeness (QED) is 0.195. The minimum absolute atomic E-state index is 0.612. The molecule has 0 aromatic carbocycles. The molecule has 4 nitrogen and oxygen atoms in total. The summed E-state index contributed by atoms with van der Waals surface area (Å²) >= 11 is 0. The van der Waals surface area contributed by atoms with Crippen molar-refractivity contribution in [2.24, 2.45) is 0 Å². The summed E-state index contributed by atoms with van der Waals surface area (Å²) < 4.78 is 22.9. The maximum Gasteiger partial charge on any atom is 0.282 e. The van der Waals surface area contributed by atoms with Crippen molar-refractivity contribution < 1.29 is 18.9 Å². The summed E-state index contributed by atoms with van der Waals surface area (Å²) in [5.74, 6) is -0.826. The highest BCUT2D eigenvalue weighted by atomic mass is 16.9. The fraction of sp³-hybridized carbons (Fsp3) is 1.00. The van der Waals surface area contributed by atoms with Crippen LogP contribution in [0.5, 0.6) is 0 Å². The third-order valence-electron chi connectivity index (χ3n) is 4.26. The second kappa shape index (κ2) is 18.6. The third kappa shape index (κ3) is 14.7. The first-order valence-electron chi connectivity index (χ1n) is 10.7.